The summed E-state index contributed by atoms with van der Waals surface area (Å²) in [7, 11) is 0. The minimum absolute atomic E-state index is 0.263. The average molecular weight is 198 g/mol. The predicted octanol–water partition coefficient (Wildman–Crippen LogP) is 1.66. The fraction of sp³-hybridized carbons (Fsp3) is 0.600. The van der Waals surface area contributed by atoms with Crippen LogP contribution in [0.25, 0.3) is 0 Å². The Morgan fingerprint density at radius 3 is 2.17 bits per heavy atom. The molecule has 0 aliphatic heterocycles. The van der Waals surface area contributed by atoms with E-state index in [1.165, 1.54) is 0 Å². The molecule has 0 aromatic heterocycles. The number of rotatable bonds is 1. The summed E-state index contributed by atoms with van der Waals surface area (Å²) in [4.78, 5) is 2.29. The van der Waals surface area contributed by atoms with Gasteiger partial charge in [-0.25, -0.2) is 0 Å². The van der Waals surface area contributed by atoms with Gasteiger partial charge in [0.05, 0.1) is 0 Å². The summed E-state index contributed by atoms with van der Waals surface area (Å²) in [6.07, 6.45) is 2.20. The van der Waals surface area contributed by atoms with Crippen LogP contribution in [0.4, 0.5) is 0 Å². The fourth-order valence-electron chi connectivity index (χ4n) is 0.118. The first kappa shape index (κ1) is 6.53. The molecule has 36 valence electrons. The first-order chi connectivity index (χ1) is 2.81. The van der Waals surface area contributed by atoms with Crippen LogP contribution in [0.2, 0.25) is 4.97 Å². The van der Waals surface area contributed by atoms with Crippen molar-refractivity contribution < 1.29 is 0 Å². The molecule has 0 bridgehead atoms. The van der Waals surface area contributed by atoms with Crippen LogP contribution in [-0.2, 0) is 0 Å². The molecule has 0 nitrogen and oxygen atoms in total. The van der Waals surface area contributed by atoms with Crippen molar-refractivity contribution in [1.29, 1.82) is 0 Å². The summed E-state index contributed by atoms with van der Waals surface area (Å²) >= 11 is 0.263. The van der Waals surface area contributed by atoms with Gasteiger partial charge in [-0.15, -0.1) is 0 Å². The van der Waals surface area contributed by atoms with Crippen molar-refractivity contribution in [3.8, 4) is 0 Å². The van der Waals surface area contributed by atoms with Gasteiger partial charge in [-0.05, 0) is 0 Å². The molecule has 6 heavy (non-hydrogen) atoms. The van der Waals surface area contributed by atoms with Crippen molar-refractivity contribution in [1.82, 2.24) is 0 Å². The molecule has 0 aromatic carbocycles. The van der Waals surface area contributed by atoms with Gasteiger partial charge in [-0.2, -0.15) is 0 Å². The maximum atomic E-state index is 2.29. The minimum atomic E-state index is 0.263. The molecule has 0 aliphatic carbocycles. The SMILES string of the molecule is CC=C(C)[Te]C. The first-order valence-corrected chi connectivity index (χ1v) is 5.47. The van der Waals surface area contributed by atoms with Gasteiger partial charge in [0.1, 0.15) is 0 Å². The molecule has 0 amide bonds. The third-order valence-electron chi connectivity index (χ3n) is 0.729. The summed E-state index contributed by atoms with van der Waals surface area (Å²) in [5, 5.41) is 0. The van der Waals surface area contributed by atoms with E-state index >= 15 is 0 Å². The molecule has 0 aromatic rings. The molecule has 0 N–H and O–H groups in total. The van der Waals surface area contributed by atoms with Crippen molar-refractivity contribution in [3.05, 3.63) is 9.70 Å². The molecule has 0 fully saturated rings. The molecule has 0 heterocycles. The third-order valence-corrected chi connectivity index (χ3v) is 3.24. The number of hydrogen-bond donors (Lipinski definition) is 0. The van der Waals surface area contributed by atoms with Gasteiger partial charge in [0, 0.05) is 0 Å². The van der Waals surface area contributed by atoms with Crippen molar-refractivity contribution in [3.63, 3.8) is 0 Å². The van der Waals surface area contributed by atoms with Gasteiger partial charge >= 0.3 is 49.4 Å². The molecule has 0 unspecified atom stereocenters. The van der Waals surface area contributed by atoms with E-state index in [-0.39, 0.29) is 20.9 Å². The van der Waals surface area contributed by atoms with Crippen LogP contribution < -0.4 is 0 Å². The van der Waals surface area contributed by atoms with Crippen LogP contribution in [0, 0.1) is 0 Å². The molecular formula is C5H10Te. The molecule has 0 saturated carbocycles. The van der Waals surface area contributed by atoms with Crippen LogP contribution in [-0.4, -0.2) is 20.9 Å². The Bertz CT molecular complexity index is 55.0. The Balaban J connectivity index is 3.22. The monoisotopic (exact) mass is 200 g/mol. The first-order valence-electron chi connectivity index (χ1n) is 1.98. The average Bonchev–Trinajstić information content (AvgIpc) is 1.65. The van der Waals surface area contributed by atoms with E-state index in [4.69, 9.17) is 0 Å². The van der Waals surface area contributed by atoms with Crippen molar-refractivity contribution in [2.45, 2.75) is 18.8 Å². The molecule has 0 saturated heterocycles. The van der Waals surface area contributed by atoms with E-state index in [9.17, 15) is 0 Å². The Labute approximate surface area is 49.7 Å². The maximum absolute atomic E-state index is 2.29. The molecule has 0 atom stereocenters. The van der Waals surface area contributed by atoms with Gasteiger partial charge in [0.2, 0.25) is 0 Å². The summed E-state index contributed by atoms with van der Waals surface area (Å²) in [5.74, 6) is 0. The summed E-state index contributed by atoms with van der Waals surface area (Å²) in [6.45, 7) is 4.30. The second-order valence-corrected chi connectivity index (χ2v) is 4.11. The normalized spacial score (nSPS) is 12.2. The van der Waals surface area contributed by atoms with Crippen molar-refractivity contribution >= 4 is 20.9 Å². The summed E-state index contributed by atoms with van der Waals surface area (Å²) in [6, 6.07) is 0. The van der Waals surface area contributed by atoms with E-state index in [1.807, 2.05) is 0 Å². The van der Waals surface area contributed by atoms with Gasteiger partial charge in [0.15, 0.2) is 0 Å². The predicted molar refractivity (Wildman–Crippen MR) is 31.0 cm³/mol. The van der Waals surface area contributed by atoms with Gasteiger partial charge in [-0.1, -0.05) is 0 Å². The molecule has 0 radical (unpaired) electrons. The Morgan fingerprint density at radius 1 is 1.67 bits per heavy atom. The molecular weight excluding hydrogens is 188 g/mol. The topological polar surface area (TPSA) is 0 Å². The second kappa shape index (κ2) is 3.71. The van der Waals surface area contributed by atoms with Crippen LogP contribution in [0.5, 0.6) is 0 Å². The zero-order valence-corrected chi connectivity index (χ0v) is 6.82. The Hall–Kier alpha value is 0.530. The standard InChI is InChI=1S/C5H10Te/c1-4-5(2)6-3/h4H,1-3H3. The quantitative estimate of drug-likeness (QED) is 0.561. The van der Waals surface area contributed by atoms with E-state index in [2.05, 4.69) is 24.9 Å². The Morgan fingerprint density at radius 2 is 2.17 bits per heavy atom. The molecule has 0 spiro atoms. The number of hydrogen-bond acceptors (Lipinski definition) is 0. The molecule has 0 rings (SSSR count). The zero-order chi connectivity index (χ0) is 4.99. The zero-order valence-electron chi connectivity index (χ0n) is 4.49. The number of allylic oxidation sites excluding steroid dienone is 2. The second-order valence-electron chi connectivity index (χ2n) is 1.10. The fourth-order valence-corrected chi connectivity index (χ4v) is 0.791. The van der Waals surface area contributed by atoms with E-state index in [1.54, 1.807) is 3.62 Å². The van der Waals surface area contributed by atoms with Crippen molar-refractivity contribution in [2.75, 3.05) is 0 Å². The summed E-state index contributed by atoms with van der Waals surface area (Å²) < 4.78 is 1.60. The van der Waals surface area contributed by atoms with Gasteiger partial charge < -0.3 is 0 Å². The Kier molecular flexibility index (Phi) is 4.04. The van der Waals surface area contributed by atoms with Crippen LogP contribution in [0.3, 0.4) is 0 Å². The molecule has 0 aliphatic rings. The van der Waals surface area contributed by atoms with Crippen LogP contribution in [0.15, 0.2) is 9.70 Å². The molecule has 1 heteroatoms. The third kappa shape index (κ3) is 2.75. The summed E-state index contributed by atoms with van der Waals surface area (Å²) in [5.41, 5.74) is 0. The van der Waals surface area contributed by atoms with Crippen LogP contribution in [0.1, 0.15) is 13.8 Å². The van der Waals surface area contributed by atoms with E-state index in [0.29, 0.717) is 0 Å². The van der Waals surface area contributed by atoms with Gasteiger partial charge in [-0.3, -0.25) is 0 Å². The van der Waals surface area contributed by atoms with Crippen LogP contribution >= 0.6 is 0 Å². The van der Waals surface area contributed by atoms with Crippen molar-refractivity contribution in [2.24, 2.45) is 0 Å². The van der Waals surface area contributed by atoms with E-state index < -0.39 is 0 Å². The van der Waals surface area contributed by atoms with E-state index in [0.717, 1.165) is 0 Å². The van der Waals surface area contributed by atoms with Gasteiger partial charge in [0.25, 0.3) is 0 Å².